The van der Waals surface area contributed by atoms with Crippen LogP contribution in [0.5, 0.6) is 5.75 Å². The molecule has 28 heavy (non-hydrogen) atoms. The first-order chi connectivity index (χ1) is 13.7. The molecule has 0 unspecified atom stereocenters. The van der Waals surface area contributed by atoms with E-state index in [2.05, 4.69) is 42.6 Å². The van der Waals surface area contributed by atoms with Crippen molar-refractivity contribution in [1.29, 1.82) is 0 Å². The van der Waals surface area contributed by atoms with Crippen molar-refractivity contribution in [3.8, 4) is 5.75 Å². The first kappa shape index (κ1) is 20.2. The van der Waals surface area contributed by atoms with Crippen molar-refractivity contribution in [2.75, 3.05) is 13.2 Å². The molecule has 6 nitrogen and oxygen atoms in total. The summed E-state index contributed by atoms with van der Waals surface area (Å²) in [6.45, 7) is 9.09. The molecule has 1 aliphatic rings. The average Bonchev–Trinajstić information content (AvgIpc) is 3.47. The number of nitrogens with zero attached hydrogens (tertiary/aromatic N) is 2. The predicted octanol–water partition coefficient (Wildman–Crippen LogP) is 3.84. The smallest absolute Gasteiger partial charge is 0.191 e. The summed E-state index contributed by atoms with van der Waals surface area (Å²) >= 11 is 0. The Morgan fingerprint density at radius 1 is 1.18 bits per heavy atom. The highest BCUT2D eigenvalue weighted by atomic mass is 16.5. The number of benzene rings is 1. The van der Waals surface area contributed by atoms with Gasteiger partial charge in [0, 0.05) is 30.6 Å². The minimum absolute atomic E-state index is 0.571. The average molecular weight is 385 g/mol. The highest BCUT2D eigenvalue weighted by Gasteiger charge is 2.22. The first-order valence-corrected chi connectivity index (χ1v) is 10.4. The quantitative estimate of drug-likeness (QED) is 0.481. The van der Waals surface area contributed by atoms with Crippen LogP contribution in [-0.2, 0) is 25.9 Å². The molecule has 0 bridgehead atoms. The molecular weight excluding hydrogens is 352 g/mol. The number of aliphatic imine (C=N–C) groups is 1. The highest BCUT2D eigenvalue weighted by molar-refractivity contribution is 5.79. The van der Waals surface area contributed by atoms with Gasteiger partial charge in [-0.25, -0.2) is 4.99 Å². The van der Waals surface area contributed by atoms with Gasteiger partial charge in [-0.05, 0) is 38.2 Å². The van der Waals surface area contributed by atoms with Crippen molar-refractivity contribution in [3.63, 3.8) is 0 Å². The Hall–Kier alpha value is -2.50. The number of rotatable bonds is 10. The second-order valence-corrected chi connectivity index (χ2v) is 7.15. The molecule has 1 aromatic carbocycles. The molecule has 0 aliphatic heterocycles. The Kier molecular flexibility index (Phi) is 7.34. The van der Waals surface area contributed by atoms with Crippen LogP contribution in [0.15, 0.2) is 33.8 Å². The molecule has 0 atom stereocenters. The lowest BCUT2D eigenvalue weighted by molar-refractivity contribution is 0.297. The summed E-state index contributed by atoms with van der Waals surface area (Å²) in [5.74, 6) is 3.40. The Morgan fingerprint density at radius 2 is 2.00 bits per heavy atom. The van der Waals surface area contributed by atoms with E-state index in [1.165, 1.54) is 12.8 Å². The molecule has 0 spiro atoms. The van der Waals surface area contributed by atoms with Crippen molar-refractivity contribution < 1.29 is 9.26 Å². The summed E-state index contributed by atoms with van der Waals surface area (Å²) in [5.41, 5.74) is 3.26. The summed E-state index contributed by atoms with van der Waals surface area (Å²) < 4.78 is 11.5. The molecule has 0 saturated heterocycles. The number of nitrogens with one attached hydrogen (secondary N) is 2. The molecule has 1 fully saturated rings. The third-order valence-corrected chi connectivity index (χ3v) is 4.94. The highest BCUT2D eigenvalue weighted by Crippen LogP contribution is 2.30. The molecule has 1 aliphatic carbocycles. The van der Waals surface area contributed by atoms with Gasteiger partial charge in [0.15, 0.2) is 5.96 Å². The van der Waals surface area contributed by atoms with Gasteiger partial charge in [-0.3, -0.25) is 0 Å². The van der Waals surface area contributed by atoms with Crippen molar-refractivity contribution >= 4 is 5.96 Å². The van der Waals surface area contributed by atoms with Gasteiger partial charge >= 0.3 is 0 Å². The molecule has 2 N–H and O–H groups in total. The van der Waals surface area contributed by atoms with E-state index in [-0.39, 0.29) is 0 Å². The van der Waals surface area contributed by atoms with Crippen LogP contribution in [-0.4, -0.2) is 24.3 Å². The third kappa shape index (κ3) is 5.50. The third-order valence-electron chi connectivity index (χ3n) is 4.94. The standard InChI is InChI=1S/C22H32N4O2/c1-4-19-18(20(5-2)28-26-19)14-25-22(23-6-3)24-13-17-9-7-8-10-21(17)27-15-16-11-12-16/h7-10,16H,4-6,11-15H2,1-3H3,(H2,23,24,25). The molecule has 3 rings (SSSR count). The Labute approximate surface area is 167 Å². The number of aromatic nitrogens is 1. The fourth-order valence-electron chi connectivity index (χ4n) is 3.08. The summed E-state index contributed by atoms with van der Waals surface area (Å²) in [4.78, 5) is 4.76. The first-order valence-electron chi connectivity index (χ1n) is 10.4. The Bertz CT molecular complexity index is 759. The molecule has 1 aromatic heterocycles. The second-order valence-electron chi connectivity index (χ2n) is 7.15. The second kappa shape index (κ2) is 10.2. The van der Waals surface area contributed by atoms with Crippen LogP contribution in [0.3, 0.4) is 0 Å². The maximum atomic E-state index is 6.00. The topological polar surface area (TPSA) is 71.7 Å². The molecule has 152 valence electrons. The summed E-state index contributed by atoms with van der Waals surface area (Å²) in [6, 6.07) is 8.17. The van der Waals surface area contributed by atoms with E-state index in [9.17, 15) is 0 Å². The summed E-state index contributed by atoms with van der Waals surface area (Å²) in [7, 11) is 0. The van der Waals surface area contributed by atoms with E-state index in [0.29, 0.717) is 13.1 Å². The molecule has 1 heterocycles. The van der Waals surface area contributed by atoms with Crippen LogP contribution in [0.4, 0.5) is 0 Å². The van der Waals surface area contributed by atoms with Gasteiger partial charge in [0.1, 0.15) is 11.5 Å². The lowest BCUT2D eigenvalue weighted by Gasteiger charge is -2.13. The number of para-hydroxylation sites is 1. The SMILES string of the molecule is CCNC(=NCc1ccccc1OCC1CC1)NCc1c(CC)noc1CC. The van der Waals surface area contributed by atoms with Crippen LogP contribution < -0.4 is 15.4 Å². The molecule has 1 saturated carbocycles. The van der Waals surface area contributed by atoms with Gasteiger partial charge in [-0.1, -0.05) is 37.2 Å². The van der Waals surface area contributed by atoms with E-state index in [1.54, 1.807) is 0 Å². The van der Waals surface area contributed by atoms with Crippen LogP contribution in [0, 0.1) is 5.92 Å². The largest absolute Gasteiger partial charge is 0.493 e. The number of hydrogen-bond donors (Lipinski definition) is 2. The van der Waals surface area contributed by atoms with Crippen LogP contribution in [0.1, 0.15) is 56.2 Å². The van der Waals surface area contributed by atoms with Crippen molar-refractivity contribution in [2.45, 2.75) is 59.5 Å². The molecule has 0 radical (unpaired) electrons. The lowest BCUT2D eigenvalue weighted by Crippen LogP contribution is -2.37. The fourth-order valence-corrected chi connectivity index (χ4v) is 3.08. The Balaban J connectivity index is 1.65. The fraction of sp³-hybridized carbons (Fsp3) is 0.545. The zero-order valence-electron chi connectivity index (χ0n) is 17.3. The van der Waals surface area contributed by atoms with E-state index < -0.39 is 0 Å². The van der Waals surface area contributed by atoms with Gasteiger partial charge in [0.2, 0.25) is 0 Å². The monoisotopic (exact) mass is 384 g/mol. The molecular formula is C22H32N4O2. The van der Waals surface area contributed by atoms with Gasteiger partial charge in [0.05, 0.1) is 18.8 Å². The Morgan fingerprint density at radius 3 is 2.71 bits per heavy atom. The molecule has 2 aromatic rings. The normalized spacial score (nSPS) is 14.2. The molecule has 6 heteroatoms. The van der Waals surface area contributed by atoms with Crippen molar-refractivity contribution in [2.24, 2.45) is 10.9 Å². The number of guanidine groups is 1. The molecule has 0 amide bonds. The minimum atomic E-state index is 0.571. The van der Waals surface area contributed by atoms with Gasteiger partial charge < -0.3 is 19.9 Å². The number of hydrogen-bond acceptors (Lipinski definition) is 4. The number of aryl methyl sites for hydroxylation is 2. The van der Waals surface area contributed by atoms with E-state index in [0.717, 1.165) is 66.2 Å². The van der Waals surface area contributed by atoms with E-state index in [1.807, 2.05) is 18.2 Å². The van der Waals surface area contributed by atoms with E-state index >= 15 is 0 Å². The maximum absolute atomic E-state index is 6.00. The zero-order valence-corrected chi connectivity index (χ0v) is 17.3. The van der Waals surface area contributed by atoms with Crippen molar-refractivity contribution in [1.82, 2.24) is 15.8 Å². The van der Waals surface area contributed by atoms with Crippen molar-refractivity contribution in [3.05, 3.63) is 46.8 Å². The van der Waals surface area contributed by atoms with Crippen LogP contribution in [0.25, 0.3) is 0 Å². The maximum Gasteiger partial charge on any atom is 0.191 e. The predicted molar refractivity (Wildman–Crippen MR) is 112 cm³/mol. The van der Waals surface area contributed by atoms with Gasteiger partial charge in [-0.15, -0.1) is 0 Å². The van der Waals surface area contributed by atoms with Gasteiger partial charge in [-0.2, -0.15) is 0 Å². The van der Waals surface area contributed by atoms with Crippen LogP contribution >= 0.6 is 0 Å². The number of ether oxygens (including phenoxy) is 1. The summed E-state index contributed by atoms with van der Waals surface area (Å²) in [6.07, 6.45) is 4.28. The van der Waals surface area contributed by atoms with Gasteiger partial charge in [0.25, 0.3) is 0 Å². The minimum Gasteiger partial charge on any atom is -0.493 e. The van der Waals surface area contributed by atoms with Crippen LogP contribution in [0.2, 0.25) is 0 Å². The zero-order chi connectivity index (χ0) is 19.8. The lowest BCUT2D eigenvalue weighted by atomic mass is 10.1. The van der Waals surface area contributed by atoms with E-state index in [4.69, 9.17) is 14.3 Å². The summed E-state index contributed by atoms with van der Waals surface area (Å²) in [5, 5.41) is 10.9.